The predicted octanol–water partition coefficient (Wildman–Crippen LogP) is 2.97. The highest BCUT2D eigenvalue weighted by molar-refractivity contribution is 9.10. The van der Waals surface area contributed by atoms with Crippen molar-refractivity contribution >= 4 is 33.6 Å². The molecule has 3 aromatic rings. The van der Waals surface area contributed by atoms with Gasteiger partial charge in [-0.2, -0.15) is 0 Å². The zero-order valence-electron chi connectivity index (χ0n) is 13.5. The summed E-state index contributed by atoms with van der Waals surface area (Å²) in [6, 6.07) is 13.8. The topological polar surface area (TPSA) is 85.8 Å². The first-order valence-electron chi connectivity index (χ1n) is 7.64. The van der Waals surface area contributed by atoms with E-state index < -0.39 is 0 Å². The summed E-state index contributed by atoms with van der Waals surface area (Å²) in [5.74, 6) is 6.04. The van der Waals surface area contributed by atoms with Crippen LogP contribution in [0.25, 0.3) is 11.4 Å². The summed E-state index contributed by atoms with van der Waals surface area (Å²) in [7, 11) is 0. The van der Waals surface area contributed by atoms with E-state index in [9.17, 15) is 9.18 Å². The first kappa shape index (κ1) is 18.4. The second kappa shape index (κ2) is 8.33. The lowest BCUT2D eigenvalue weighted by Gasteiger charge is -2.07. The molecule has 0 saturated carbocycles. The molecule has 6 nitrogen and oxygen atoms in total. The highest BCUT2D eigenvalue weighted by Gasteiger charge is 2.15. The molecule has 9 heteroatoms. The third kappa shape index (κ3) is 4.23. The molecular formula is C17H15BrFN5OS. The fourth-order valence-electron chi connectivity index (χ4n) is 2.22. The number of halogens is 2. The molecule has 0 aliphatic rings. The molecule has 0 spiro atoms. The molecule has 0 fully saturated rings. The zero-order chi connectivity index (χ0) is 18.5. The molecule has 134 valence electrons. The Kier molecular flexibility index (Phi) is 5.89. The standard InChI is InChI=1S/C17H15BrFN5OS/c18-13-7-3-2-6-12(13)16-22-23-17(24(16)20)26-10-15(25)21-9-11-5-1-4-8-14(11)19/h1-8H,9-10,20H2,(H,21,25). The molecular weight excluding hydrogens is 421 g/mol. The summed E-state index contributed by atoms with van der Waals surface area (Å²) in [5, 5.41) is 11.2. The number of nitrogens with one attached hydrogen (secondary N) is 1. The third-order valence-electron chi connectivity index (χ3n) is 3.55. The van der Waals surface area contributed by atoms with Gasteiger partial charge >= 0.3 is 0 Å². The van der Waals surface area contributed by atoms with Crippen LogP contribution in [0.1, 0.15) is 5.56 Å². The van der Waals surface area contributed by atoms with Crippen molar-refractivity contribution in [1.82, 2.24) is 20.2 Å². The maximum absolute atomic E-state index is 13.5. The van der Waals surface area contributed by atoms with Crippen molar-refractivity contribution in [2.24, 2.45) is 0 Å². The minimum atomic E-state index is -0.347. The van der Waals surface area contributed by atoms with Gasteiger partial charge in [0.1, 0.15) is 5.82 Å². The Morgan fingerprint density at radius 2 is 1.92 bits per heavy atom. The number of hydrogen-bond acceptors (Lipinski definition) is 5. The quantitative estimate of drug-likeness (QED) is 0.459. The number of nitrogens with zero attached hydrogens (tertiary/aromatic N) is 3. The highest BCUT2D eigenvalue weighted by Crippen LogP contribution is 2.27. The van der Waals surface area contributed by atoms with Gasteiger partial charge in [0.25, 0.3) is 0 Å². The molecule has 0 radical (unpaired) electrons. The summed E-state index contributed by atoms with van der Waals surface area (Å²) < 4.78 is 15.7. The smallest absolute Gasteiger partial charge is 0.230 e. The molecule has 0 bridgehead atoms. The van der Waals surface area contributed by atoms with E-state index >= 15 is 0 Å². The van der Waals surface area contributed by atoms with Crippen LogP contribution in [0.3, 0.4) is 0 Å². The average molecular weight is 436 g/mol. The fourth-order valence-corrected chi connectivity index (χ4v) is 3.37. The maximum Gasteiger partial charge on any atom is 0.230 e. The number of thioether (sulfide) groups is 1. The van der Waals surface area contributed by atoms with Crippen LogP contribution < -0.4 is 11.2 Å². The molecule has 1 heterocycles. The number of nitrogens with two attached hydrogens (primary N) is 1. The van der Waals surface area contributed by atoms with Crippen molar-refractivity contribution in [1.29, 1.82) is 0 Å². The molecule has 26 heavy (non-hydrogen) atoms. The van der Waals surface area contributed by atoms with E-state index in [-0.39, 0.29) is 24.0 Å². The van der Waals surface area contributed by atoms with Gasteiger partial charge in [-0.25, -0.2) is 9.07 Å². The Balaban J connectivity index is 1.59. The van der Waals surface area contributed by atoms with Crippen molar-refractivity contribution in [2.45, 2.75) is 11.7 Å². The number of hydrogen-bond donors (Lipinski definition) is 2. The van der Waals surface area contributed by atoms with Gasteiger partial charge in [0, 0.05) is 22.1 Å². The number of carbonyl (C=O) groups excluding carboxylic acids is 1. The number of amides is 1. The van der Waals surface area contributed by atoms with Gasteiger partial charge < -0.3 is 11.2 Å². The largest absolute Gasteiger partial charge is 0.351 e. The Labute approximate surface area is 162 Å². The minimum absolute atomic E-state index is 0.0970. The number of benzene rings is 2. The predicted molar refractivity (Wildman–Crippen MR) is 102 cm³/mol. The summed E-state index contributed by atoms with van der Waals surface area (Å²) in [6.45, 7) is 0.129. The molecule has 0 atom stereocenters. The summed E-state index contributed by atoms with van der Waals surface area (Å²) in [5.41, 5.74) is 1.24. The second-order valence-electron chi connectivity index (χ2n) is 5.31. The van der Waals surface area contributed by atoms with E-state index in [4.69, 9.17) is 5.84 Å². The van der Waals surface area contributed by atoms with E-state index in [0.29, 0.717) is 16.5 Å². The van der Waals surface area contributed by atoms with Crippen molar-refractivity contribution in [3.63, 3.8) is 0 Å². The highest BCUT2D eigenvalue weighted by atomic mass is 79.9. The number of carbonyl (C=O) groups is 1. The Bertz CT molecular complexity index is 933. The molecule has 0 aliphatic carbocycles. The molecule has 0 unspecified atom stereocenters. The summed E-state index contributed by atoms with van der Waals surface area (Å²) >= 11 is 4.61. The van der Waals surface area contributed by atoms with Crippen LogP contribution in [-0.4, -0.2) is 26.5 Å². The monoisotopic (exact) mass is 435 g/mol. The van der Waals surface area contributed by atoms with Gasteiger partial charge in [0.2, 0.25) is 11.1 Å². The Hall–Kier alpha value is -2.39. The van der Waals surface area contributed by atoms with Gasteiger partial charge in [-0.1, -0.05) is 58.0 Å². The molecule has 0 saturated heterocycles. The third-order valence-corrected chi connectivity index (χ3v) is 5.18. The first-order valence-corrected chi connectivity index (χ1v) is 9.42. The summed E-state index contributed by atoms with van der Waals surface area (Å²) in [4.78, 5) is 12.0. The number of rotatable bonds is 6. The van der Waals surface area contributed by atoms with Crippen molar-refractivity contribution in [3.8, 4) is 11.4 Å². The van der Waals surface area contributed by atoms with Crippen LogP contribution >= 0.6 is 27.7 Å². The Morgan fingerprint density at radius 1 is 1.19 bits per heavy atom. The average Bonchev–Trinajstić information content (AvgIpc) is 3.00. The number of nitrogen functional groups attached to an aromatic ring is 1. The second-order valence-corrected chi connectivity index (χ2v) is 7.11. The molecule has 2 aromatic carbocycles. The number of aromatic nitrogens is 3. The van der Waals surface area contributed by atoms with Crippen molar-refractivity contribution in [3.05, 3.63) is 64.4 Å². The molecule has 1 aromatic heterocycles. The van der Waals surface area contributed by atoms with Gasteiger partial charge in [0.05, 0.1) is 5.75 Å². The van der Waals surface area contributed by atoms with Crippen LogP contribution in [0.15, 0.2) is 58.2 Å². The SMILES string of the molecule is Nn1c(SCC(=O)NCc2ccccc2F)nnc1-c1ccccc1Br. The van der Waals surface area contributed by atoms with E-state index in [1.54, 1.807) is 18.2 Å². The maximum atomic E-state index is 13.5. The first-order chi connectivity index (χ1) is 12.6. The van der Waals surface area contributed by atoms with E-state index in [0.717, 1.165) is 21.8 Å². The van der Waals surface area contributed by atoms with Gasteiger partial charge in [-0.15, -0.1) is 10.2 Å². The minimum Gasteiger partial charge on any atom is -0.351 e. The van der Waals surface area contributed by atoms with Crippen molar-refractivity contribution < 1.29 is 9.18 Å². The molecule has 3 rings (SSSR count). The van der Waals surface area contributed by atoms with Gasteiger partial charge in [0.15, 0.2) is 5.82 Å². The van der Waals surface area contributed by atoms with Crippen LogP contribution in [0.4, 0.5) is 4.39 Å². The summed E-state index contributed by atoms with van der Waals surface area (Å²) in [6.07, 6.45) is 0. The van der Waals surface area contributed by atoms with Crippen LogP contribution in [0.5, 0.6) is 0 Å². The lowest BCUT2D eigenvalue weighted by atomic mass is 10.2. The van der Waals surface area contributed by atoms with Gasteiger partial charge in [-0.3, -0.25) is 4.79 Å². The van der Waals surface area contributed by atoms with E-state index in [2.05, 4.69) is 31.4 Å². The normalized spacial score (nSPS) is 10.7. The van der Waals surface area contributed by atoms with E-state index in [1.807, 2.05) is 24.3 Å². The molecule has 3 N–H and O–H groups in total. The van der Waals surface area contributed by atoms with Crippen LogP contribution in [0.2, 0.25) is 0 Å². The van der Waals surface area contributed by atoms with Crippen LogP contribution in [-0.2, 0) is 11.3 Å². The Morgan fingerprint density at radius 3 is 2.69 bits per heavy atom. The van der Waals surface area contributed by atoms with Gasteiger partial charge in [-0.05, 0) is 18.2 Å². The van der Waals surface area contributed by atoms with Crippen molar-refractivity contribution in [2.75, 3.05) is 11.6 Å². The fraction of sp³-hybridized carbons (Fsp3) is 0.118. The molecule has 0 aliphatic heterocycles. The molecule has 1 amide bonds. The lowest BCUT2D eigenvalue weighted by Crippen LogP contribution is -2.25. The zero-order valence-corrected chi connectivity index (χ0v) is 15.9. The van der Waals surface area contributed by atoms with E-state index in [1.165, 1.54) is 10.7 Å². The van der Waals surface area contributed by atoms with Crippen LogP contribution in [0, 0.1) is 5.82 Å². The lowest BCUT2D eigenvalue weighted by molar-refractivity contribution is -0.118.